The minimum atomic E-state index is -0.818. The van der Waals surface area contributed by atoms with Crippen LogP contribution in [0.4, 0.5) is 10.5 Å². The van der Waals surface area contributed by atoms with Crippen LogP contribution in [0.5, 0.6) is 5.75 Å². The van der Waals surface area contributed by atoms with Gasteiger partial charge in [0, 0.05) is 17.3 Å². The average molecular weight is 210 g/mol. The Balaban J connectivity index is 2.97. The first-order valence-corrected chi connectivity index (χ1v) is 4.44. The van der Waals surface area contributed by atoms with E-state index in [0.717, 1.165) is 5.56 Å². The molecule has 5 heteroatoms. The number of methoxy groups -OCH3 is 1. The molecular formula is C10H14N2O3. The molecule has 1 aromatic rings. The summed E-state index contributed by atoms with van der Waals surface area (Å²) in [6, 6.07) is 5.11. The van der Waals surface area contributed by atoms with Crippen LogP contribution in [0.15, 0.2) is 18.2 Å². The van der Waals surface area contributed by atoms with E-state index in [1.165, 1.54) is 7.11 Å². The van der Waals surface area contributed by atoms with Crippen molar-refractivity contribution in [3.8, 4) is 5.75 Å². The molecule has 0 aliphatic rings. The number of benzene rings is 1. The highest BCUT2D eigenvalue weighted by Gasteiger charge is 2.14. The molecule has 0 aromatic heterocycles. The third-order valence-electron chi connectivity index (χ3n) is 1.99. The first kappa shape index (κ1) is 11.2. The number of amides is 1. The molecule has 0 radical (unpaired) electrons. The predicted molar refractivity (Wildman–Crippen MR) is 56.5 cm³/mol. The Morgan fingerprint density at radius 1 is 1.47 bits per heavy atom. The van der Waals surface area contributed by atoms with Crippen molar-refractivity contribution in [2.45, 2.75) is 13.0 Å². The van der Waals surface area contributed by atoms with Crippen molar-refractivity contribution in [3.63, 3.8) is 0 Å². The second kappa shape index (κ2) is 4.54. The Morgan fingerprint density at radius 2 is 2.13 bits per heavy atom. The van der Waals surface area contributed by atoms with Gasteiger partial charge in [-0.15, -0.1) is 0 Å². The molecule has 1 atom stereocenters. The molecule has 1 rings (SSSR count). The number of primary amides is 1. The van der Waals surface area contributed by atoms with Crippen LogP contribution in [0.1, 0.15) is 18.6 Å². The zero-order valence-electron chi connectivity index (χ0n) is 8.69. The SMILES string of the molecule is COc1cc(N)ccc1C(C)OC(N)=O. The van der Waals surface area contributed by atoms with Gasteiger partial charge in [0.15, 0.2) is 0 Å². The largest absolute Gasteiger partial charge is 0.496 e. The van der Waals surface area contributed by atoms with Crippen LogP contribution in [-0.4, -0.2) is 13.2 Å². The van der Waals surface area contributed by atoms with Gasteiger partial charge in [-0.25, -0.2) is 4.79 Å². The average Bonchev–Trinajstić information content (AvgIpc) is 2.16. The van der Waals surface area contributed by atoms with Crippen molar-refractivity contribution < 1.29 is 14.3 Å². The lowest BCUT2D eigenvalue weighted by molar-refractivity contribution is 0.115. The number of anilines is 1. The summed E-state index contributed by atoms with van der Waals surface area (Å²) >= 11 is 0. The zero-order chi connectivity index (χ0) is 11.4. The molecule has 0 aliphatic carbocycles. The van der Waals surface area contributed by atoms with E-state index in [2.05, 4.69) is 0 Å². The molecule has 0 aliphatic heterocycles. The van der Waals surface area contributed by atoms with E-state index in [1.54, 1.807) is 25.1 Å². The number of hydrogen-bond donors (Lipinski definition) is 2. The summed E-state index contributed by atoms with van der Waals surface area (Å²) in [5, 5.41) is 0. The number of carbonyl (C=O) groups excluding carboxylic acids is 1. The molecule has 1 amide bonds. The summed E-state index contributed by atoms with van der Waals surface area (Å²) in [6.07, 6.45) is -1.28. The Hall–Kier alpha value is -1.91. The van der Waals surface area contributed by atoms with E-state index < -0.39 is 12.2 Å². The highest BCUT2D eigenvalue weighted by molar-refractivity contribution is 5.65. The minimum absolute atomic E-state index is 0.460. The number of nitrogens with two attached hydrogens (primary N) is 2. The van der Waals surface area contributed by atoms with Gasteiger partial charge in [0.05, 0.1) is 7.11 Å². The van der Waals surface area contributed by atoms with E-state index in [4.69, 9.17) is 20.9 Å². The Morgan fingerprint density at radius 3 is 2.67 bits per heavy atom. The quantitative estimate of drug-likeness (QED) is 0.739. The number of rotatable bonds is 3. The predicted octanol–water partition coefficient (Wildman–Crippen LogP) is 1.43. The summed E-state index contributed by atoms with van der Waals surface area (Å²) in [4.78, 5) is 10.6. The molecule has 0 spiro atoms. The van der Waals surface area contributed by atoms with Gasteiger partial charge in [0.1, 0.15) is 11.9 Å². The molecule has 5 nitrogen and oxygen atoms in total. The number of nitrogen functional groups attached to an aromatic ring is 1. The maximum atomic E-state index is 10.6. The molecule has 1 aromatic carbocycles. The first-order valence-electron chi connectivity index (χ1n) is 4.44. The van der Waals surface area contributed by atoms with Crippen LogP contribution in [0.3, 0.4) is 0 Å². The number of hydrogen-bond acceptors (Lipinski definition) is 4. The van der Waals surface area contributed by atoms with E-state index in [-0.39, 0.29) is 0 Å². The van der Waals surface area contributed by atoms with Crippen molar-refractivity contribution in [3.05, 3.63) is 23.8 Å². The molecule has 82 valence electrons. The second-order valence-electron chi connectivity index (χ2n) is 3.08. The van der Waals surface area contributed by atoms with Crippen molar-refractivity contribution >= 4 is 11.8 Å². The maximum Gasteiger partial charge on any atom is 0.405 e. The highest BCUT2D eigenvalue weighted by Crippen LogP contribution is 2.29. The minimum Gasteiger partial charge on any atom is -0.496 e. The molecule has 4 N–H and O–H groups in total. The molecule has 15 heavy (non-hydrogen) atoms. The lowest BCUT2D eigenvalue weighted by Crippen LogP contribution is -2.16. The van der Waals surface area contributed by atoms with Crippen molar-refractivity contribution in [2.75, 3.05) is 12.8 Å². The van der Waals surface area contributed by atoms with Gasteiger partial charge in [0.25, 0.3) is 0 Å². The standard InChI is InChI=1S/C10H14N2O3/c1-6(15-10(12)13)8-4-3-7(11)5-9(8)14-2/h3-6H,11H2,1-2H3,(H2,12,13). The van der Waals surface area contributed by atoms with Gasteiger partial charge in [-0.05, 0) is 19.1 Å². The van der Waals surface area contributed by atoms with E-state index in [9.17, 15) is 4.79 Å². The number of carbonyl (C=O) groups is 1. The molecular weight excluding hydrogens is 196 g/mol. The Kier molecular flexibility index (Phi) is 3.38. The topological polar surface area (TPSA) is 87.6 Å². The fourth-order valence-electron chi connectivity index (χ4n) is 1.30. The Bertz CT molecular complexity index is 366. The van der Waals surface area contributed by atoms with Gasteiger partial charge in [0.2, 0.25) is 0 Å². The van der Waals surface area contributed by atoms with Gasteiger partial charge in [-0.3, -0.25) is 0 Å². The van der Waals surface area contributed by atoms with Crippen LogP contribution in [-0.2, 0) is 4.74 Å². The van der Waals surface area contributed by atoms with Crippen molar-refractivity contribution in [2.24, 2.45) is 5.73 Å². The van der Waals surface area contributed by atoms with E-state index >= 15 is 0 Å². The van der Waals surface area contributed by atoms with E-state index in [0.29, 0.717) is 11.4 Å². The van der Waals surface area contributed by atoms with E-state index in [1.807, 2.05) is 0 Å². The second-order valence-corrected chi connectivity index (χ2v) is 3.08. The van der Waals surface area contributed by atoms with Gasteiger partial charge in [-0.1, -0.05) is 0 Å². The molecule has 0 fully saturated rings. The lowest BCUT2D eigenvalue weighted by Gasteiger charge is -2.15. The fraction of sp³-hybridized carbons (Fsp3) is 0.300. The Labute approximate surface area is 88.0 Å². The van der Waals surface area contributed by atoms with Crippen LogP contribution >= 0.6 is 0 Å². The number of ether oxygens (including phenoxy) is 2. The van der Waals surface area contributed by atoms with Crippen molar-refractivity contribution in [1.82, 2.24) is 0 Å². The lowest BCUT2D eigenvalue weighted by atomic mass is 10.1. The summed E-state index contributed by atoms with van der Waals surface area (Å²) in [5.41, 5.74) is 11.8. The van der Waals surface area contributed by atoms with Crippen LogP contribution in [0, 0.1) is 0 Å². The molecule has 1 unspecified atom stereocenters. The van der Waals surface area contributed by atoms with Crippen LogP contribution in [0.25, 0.3) is 0 Å². The van der Waals surface area contributed by atoms with Gasteiger partial charge < -0.3 is 20.9 Å². The molecule has 0 saturated heterocycles. The summed E-state index contributed by atoms with van der Waals surface area (Å²) in [5.74, 6) is 0.573. The third-order valence-corrected chi connectivity index (χ3v) is 1.99. The van der Waals surface area contributed by atoms with Gasteiger partial charge in [-0.2, -0.15) is 0 Å². The molecule has 0 saturated carbocycles. The third kappa shape index (κ3) is 2.77. The normalized spacial score (nSPS) is 11.9. The van der Waals surface area contributed by atoms with Crippen LogP contribution in [0.2, 0.25) is 0 Å². The zero-order valence-corrected chi connectivity index (χ0v) is 8.69. The van der Waals surface area contributed by atoms with Crippen molar-refractivity contribution in [1.29, 1.82) is 0 Å². The molecule has 0 heterocycles. The monoisotopic (exact) mass is 210 g/mol. The molecule has 0 bridgehead atoms. The smallest absolute Gasteiger partial charge is 0.405 e. The summed E-state index contributed by atoms with van der Waals surface area (Å²) in [7, 11) is 1.52. The van der Waals surface area contributed by atoms with Gasteiger partial charge >= 0.3 is 6.09 Å². The maximum absolute atomic E-state index is 10.6. The van der Waals surface area contributed by atoms with Crippen LogP contribution < -0.4 is 16.2 Å². The summed E-state index contributed by atoms with van der Waals surface area (Å²) in [6.45, 7) is 1.71. The highest BCUT2D eigenvalue weighted by atomic mass is 16.6. The summed E-state index contributed by atoms with van der Waals surface area (Å²) < 4.78 is 9.95. The fourth-order valence-corrected chi connectivity index (χ4v) is 1.30. The first-order chi connectivity index (χ1) is 7.04.